The monoisotopic (exact) mass is 553 g/mol. The number of hydrogen-bond donors (Lipinski definition) is 1. The Morgan fingerprint density at radius 2 is 1.49 bits per heavy atom. The van der Waals surface area contributed by atoms with E-state index in [1.54, 1.807) is 0 Å². The molecule has 0 spiro atoms. The summed E-state index contributed by atoms with van der Waals surface area (Å²) in [6.45, 7) is -0.853. The molecular weight excluding hydrogens is 531 g/mol. The lowest BCUT2D eigenvalue weighted by Crippen LogP contribution is -2.58. The molecule has 0 aromatic carbocycles. The number of hydrogen-bond acceptors (Lipinski definition) is 5. The van der Waals surface area contributed by atoms with Crippen molar-refractivity contribution < 1.29 is 52.7 Å². The summed E-state index contributed by atoms with van der Waals surface area (Å²) in [5.41, 5.74) is -6.62. The zero-order valence-electron chi connectivity index (χ0n) is 18.2. The van der Waals surface area contributed by atoms with Gasteiger partial charge in [0.05, 0.1) is 6.26 Å². The fourth-order valence-electron chi connectivity index (χ4n) is 4.60. The molecule has 1 unspecified atom stereocenters. The van der Waals surface area contributed by atoms with Gasteiger partial charge < -0.3 is 5.11 Å². The number of allylic oxidation sites excluding steroid dienone is 6. The van der Waals surface area contributed by atoms with E-state index in [1.165, 1.54) is 0 Å². The average Bonchev–Trinajstić information content (AvgIpc) is 3.20. The molecule has 0 bridgehead atoms. The molecule has 1 aliphatic heterocycles. The van der Waals surface area contributed by atoms with Crippen LogP contribution >= 0.6 is 0 Å². The third-order valence-electron chi connectivity index (χ3n) is 6.61. The highest BCUT2D eigenvalue weighted by atomic mass is 32.2. The van der Waals surface area contributed by atoms with Gasteiger partial charge in [-0.3, -0.25) is 0 Å². The first-order valence-corrected chi connectivity index (χ1v) is 13.6. The smallest absolute Gasteiger partial charge is 0.370 e. The lowest BCUT2D eigenvalue weighted by molar-refractivity contribution is -0.352. The van der Waals surface area contributed by atoms with Crippen molar-refractivity contribution in [3.63, 3.8) is 0 Å². The summed E-state index contributed by atoms with van der Waals surface area (Å²) in [4.78, 5) is -0.216. The number of rotatable bonds is 5. The van der Waals surface area contributed by atoms with Gasteiger partial charge in [-0.25, -0.2) is 25.5 Å². The first kappa shape index (κ1) is 27.9. The maximum Gasteiger partial charge on any atom is 0.430 e. The van der Waals surface area contributed by atoms with Gasteiger partial charge in [-0.05, 0) is 49.0 Å². The minimum Gasteiger partial charge on any atom is -0.370 e. The van der Waals surface area contributed by atoms with E-state index in [0.717, 1.165) is 28.8 Å². The average molecular weight is 554 g/mol. The van der Waals surface area contributed by atoms with Crippen LogP contribution in [0.2, 0.25) is 0 Å². The van der Waals surface area contributed by atoms with Crippen molar-refractivity contribution in [1.29, 1.82) is 0 Å². The molecule has 0 aromatic rings. The molecule has 1 heterocycles. The van der Waals surface area contributed by atoms with E-state index < -0.39 is 73.3 Å². The van der Waals surface area contributed by atoms with Gasteiger partial charge in [-0.15, -0.1) is 0 Å². The summed E-state index contributed by atoms with van der Waals surface area (Å²) in [6, 6.07) is 0. The fourth-order valence-corrected chi connectivity index (χ4v) is 7.88. The van der Waals surface area contributed by atoms with Gasteiger partial charge in [-0.2, -0.15) is 26.3 Å². The van der Waals surface area contributed by atoms with Crippen LogP contribution in [0, 0.1) is 0 Å². The Balaban J connectivity index is 2.15. The van der Waals surface area contributed by atoms with Crippen molar-refractivity contribution in [3.05, 3.63) is 46.2 Å². The highest BCUT2D eigenvalue weighted by molar-refractivity contribution is 7.97. The van der Waals surface area contributed by atoms with Crippen LogP contribution in [0.15, 0.2) is 46.2 Å². The summed E-state index contributed by atoms with van der Waals surface area (Å²) in [6.07, 6.45) is -10.5. The molecule has 3 aliphatic rings. The molecule has 15 heteroatoms. The van der Waals surface area contributed by atoms with Crippen molar-refractivity contribution in [2.24, 2.45) is 0 Å². The van der Waals surface area contributed by atoms with E-state index in [1.807, 2.05) is 0 Å². The first-order valence-electron chi connectivity index (χ1n) is 10.3. The van der Waals surface area contributed by atoms with E-state index in [0.29, 0.717) is 6.08 Å². The fraction of sp³-hybridized carbons (Fsp3) is 0.600. The molecule has 1 N–H and O–H groups in total. The van der Waals surface area contributed by atoms with Crippen molar-refractivity contribution in [2.45, 2.75) is 54.8 Å². The minimum absolute atomic E-state index is 0.0879. The van der Waals surface area contributed by atoms with Crippen LogP contribution < -0.4 is 0 Å². The zero-order valence-corrected chi connectivity index (χ0v) is 19.9. The predicted molar refractivity (Wildman–Crippen MR) is 112 cm³/mol. The third-order valence-corrected chi connectivity index (χ3v) is 10.5. The van der Waals surface area contributed by atoms with Crippen molar-refractivity contribution in [2.75, 3.05) is 19.3 Å². The summed E-state index contributed by atoms with van der Waals surface area (Å²) in [5.74, 6) is -0.578. The van der Waals surface area contributed by atoms with Gasteiger partial charge >= 0.3 is 12.4 Å². The van der Waals surface area contributed by atoms with E-state index in [2.05, 4.69) is 0 Å². The van der Waals surface area contributed by atoms with E-state index >= 15 is 0 Å². The number of sulfone groups is 1. The second-order valence-corrected chi connectivity index (χ2v) is 13.0. The molecule has 3 rings (SSSR count). The molecule has 1 fully saturated rings. The second-order valence-electron chi connectivity index (χ2n) is 8.68. The Labute approximate surface area is 197 Å². The van der Waals surface area contributed by atoms with Crippen LogP contribution in [0.25, 0.3) is 0 Å². The number of aliphatic hydroxyl groups is 1. The van der Waals surface area contributed by atoms with Gasteiger partial charge in [0.25, 0.3) is 5.60 Å². The Morgan fingerprint density at radius 1 is 0.886 bits per heavy atom. The summed E-state index contributed by atoms with van der Waals surface area (Å²) in [7, 11) is -8.30. The van der Waals surface area contributed by atoms with E-state index in [4.69, 9.17) is 0 Å². The summed E-state index contributed by atoms with van der Waals surface area (Å²) < 4.78 is 143. The largest absolute Gasteiger partial charge is 0.430 e. The van der Waals surface area contributed by atoms with Crippen LogP contribution in [-0.2, 0) is 19.9 Å². The molecule has 1 saturated heterocycles. The Kier molecular flexibility index (Phi) is 6.93. The van der Waals surface area contributed by atoms with Gasteiger partial charge in [0, 0.05) is 24.4 Å². The molecule has 1 atom stereocenters. The van der Waals surface area contributed by atoms with E-state index in [9.17, 15) is 52.7 Å². The lowest BCUT2D eigenvalue weighted by atomic mass is 9.81. The molecule has 0 amide bonds. The quantitative estimate of drug-likeness (QED) is 0.523. The van der Waals surface area contributed by atoms with Crippen LogP contribution in [0.4, 0.5) is 30.7 Å². The van der Waals surface area contributed by atoms with Gasteiger partial charge in [0.1, 0.15) is 10.6 Å². The van der Waals surface area contributed by atoms with Gasteiger partial charge in [0.15, 0.2) is 9.84 Å². The second kappa shape index (κ2) is 8.70. The van der Waals surface area contributed by atoms with Crippen LogP contribution in [-0.4, -0.2) is 68.3 Å². The van der Waals surface area contributed by atoms with Crippen molar-refractivity contribution in [3.8, 4) is 0 Å². The summed E-state index contributed by atoms with van der Waals surface area (Å²) in [5, 5.41) is 9.66. The highest BCUT2D eigenvalue weighted by Gasteiger charge is 2.72. The number of alkyl halides is 6. The molecule has 35 heavy (non-hydrogen) atoms. The molecule has 198 valence electrons. The zero-order chi connectivity index (χ0) is 26.7. The molecule has 2 aliphatic carbocycles. The maximum absolute atomic E-state index is 13.7. The molecular formula is C20H22F7NO5S2. The van der Waals surface area contributed by atoms with Gasteiger partial charge in [-0.1, -0.05) is 12.2 Å². The number of halogens is 7. The van der Waals surface area contributed by atoms with Crippen LogP contribution in [0.1, 0.15) is 32.1 Å². The van der Waals surface area contributed by atoms with Crippen molar-refractivity contribution >= 4 is 19.9 Å². The third kappa shape index (κ3) is 4.60. The lowest BCUT2D eigenvalue weighted by Gasteiger charge is -2.38. The predicted octanol–water partition coefficient (Wildman–Crippen LogP) is 3.84. The van der Waals surface area contributed by atoms with Crippen LogP contribution in [0.5, 0.6) is 0 Å². The van der Waals surface area contributed by atoms with Crippen LogP contribution in [0.3, 0.4) is 0 Å². The molecule has 0 aromatic heterocycles. The number of sulfonamides is 1. The topological polar surface area (TPSA) is 91.8 Å². The standard InChI is InChI=1S/C20H22F7NO5S2/c1-34(30,31)28-11-10-17(12-28,35(32,33)16-8-6-15(21)7-9-16)13-2-4-14(5-3-13)18(29,19(22,23)24)20(25,26)27/h2,4,6,8,29H,3,5,7,9-12H2,1H3. The highest BCUT2D eigenvalue weighted by Crippen LogP contribution is 2.52. The maximum atomic E-state index is 13.7. The molecule has 0 saturated carbocycles. The molecule has 6 nitrogen and oxygen atoms in total. The van der Waals surface area contributed by atoms with Gasteiger partial charge in [0.2, 0.25) is 10.0 Å². The normalized spacial score (nSPS) is 25.6. The Hall–Kier alpha value is -1.71. The number of nitrogens with zero attached hydrogens (tertiary/aromatic N) is 1. The minimum atomic E-state index is -6.09. The SMILES string of the molecule is CS(=O)(=O)N1CCC(C2=CC=C(C(O)(C(F)(F)F)C(F)(F)F)CC2)(S(=O)(=O)C2=CC=C(F)CC2)C1. The van der Waals surface area contributed by atoms with Crippen molar-refractivity contribution in [1.82, 2.24) is 4.31 Å². The Morgan fingerprint density at radius 3 is 1.89 bits per heavy atom. The van der Waals surface area contributed by atoms with E-state index in [-0.39, 0.29) is 36.3 Å². The molecule has 0 radical (unpaired) electrons. The first-order chi connectivity index (χ1) is 15.8. The summed E-state index contributed by atoms with van der Waals surface area (Å²) >= 11 is 0. The Bertz CT molecular complexity index is 1210.